The number of nitrogens with one attached hydrogen (secondary N) is 2. The molecule has 1 aliphatic rings. The van der Waals surface area contributed by atoms with E-state index in [-0.39, 0.29) is 24.2 Å². The van der Waals surface area contributed by atoms with E-state index in [1.54, 1.807) is 7.11 Å². The Morgan fingerprint density at radius 3 is 2.48 bits per heavy atom. The Hall–Kier alpha value is -2.24. The van der Waals surface area contributed by atoms with Crippen molar-refractivity contribution in [2.24, 2.45) is 5.92 Å². The van der Waals surface area contributed by atoms with Gasteiger partial charge >= 0.3 is 0 Å². The molecule has 0 aromatic heterocycles. The first-order chi connectivity index (χ1) is 11.8. The fraction of sp³-hybridized carbons (Fsp3) is 0.316. The van der Waals surface area contributed by atoms with Crippen LogP contribution in [0.5, 0.6) is 17.2 Å². The second kappa shape index (κ2) is 9.30. The molecule has 0 bridgehead atoms. The van der Waals surface area contributed by atoms with Crippen LogP contribution in [-0.4, -0.2) is 26.1 Å². The Kier molecular flexibility index (Phi) is 7.10. The Morgan fingerprint density at radius 2 is 1.84 bits per heavy atom. The number of benzene rings is 2. The Labute approximate surface area is 154 Å². The Bertz CT molecular complexity index is 685. The second-order valence-corrected chi connectivity index (χ2v) is 5.81. The number of carbonyl (C=O) groups excluding carboxylic acids is 1. The average molecular weight is 363 g/mol. The van der Waals surface area contributed by atoms with Crippen molar-refractivity contribution in [2.75, 3.05) is 25.5 Å². The maximum absolute atomic E-state index is 12.2. The van der Waals surface area contributed by atoms with Gasteiger partial charge in [-0.15, -0.1) is 12.4 Å². The van der Waals surface area contributed by atoms with Crippen molar-refractivity contribution in [1.29, 1.82) is 0 Å². The third-order valence-electron chi connectivity index (χ3n) is 4.09. The van der Waals surface area contributed by atoms with Gasteiger partial charge in [0, 0.05) is 12.2 Å². The highest BCUT2D eigenvalue weighted by molar-refractivity contribution is 5.92. The van der Waals surface area contributed by atoms with Gasteiger partial charge in [-0.05, 0) is 55.8 Å². The van der Waals surface area contributed by atoms with Crippen molar-refractivity contribution in [2.45, 2.75) is 12.8 Å². The lowest BCUT2D eigenvalue weighted by Crippen LogP contribution is -2.37. The molecular weight excluding hydrogens is 340 g/mol. The third-order valence-corrected chi connectivity index (χ3v) is 4.09. The highest BCUT2D eigenvalue weighted by Crippen LogP contribution is 2.31. The molecular formula is C19H23ClN2O3. The lowest BCUT2D eigenvalue weighted by molar-refractivity contribution is -0.120. The maximum Gasteiger partial charge on any atom is 0.228 e. The van der Waals surface area contributed by atoms with Crippen molar-refractivity contribution in [3.63, 3.8) is 0 Å². The minimum atomic E-state index is 0. The molecule has 2 aromatic rings. The number of anilines is 1. The van der Waals surface area contributed by atoms with Crippen LogP contribution in [0, 0.1) is 5.92 Å². The summed E-state index contributed by atoms with van der Waals surface area (Å²) in [4.78, 5) is 12.2. The molecule has 0 saturated carbocycles. The highest BCUT2D eigenvalue weighted by Gasteiger charge is 2.20. The topological polar surface area (TPSA) is 59.6 Å². The molecule has 1 fully saturated rings. The van der Waals surface area contributed by atoms with Gasteiger partial charge in [0.2, 0.25) is 5.91 Å². The molecule has 2 aromatic carbocycles. The summed E-state index contributed by atoms with van der Waals surface area (Å²) in [6, 6.07) is 14.8. The lowest BCUT2D eigenvalue weighted by Gasteiger charge is -2.21. The summed E-state index contributed by atoms with van der Waals surface area (Å²) in [5.41, 5.74) is 0.776. The fourth-order valence-corrected chi connectivity index (χ4v) is 2.76. The number of piperidine rings is 1. The first kappa shape index (κ1) is 19.1. The van der Waals surface area contributed by atoms with E-state index in [1.807, 2.05) is 48.5 Å². The van der Waals surface area contributed by atoms with E-state index in [0.717, 1.165) is 31.6 Å². The minimum absolute atomic E-state index is 0. The standard InChI is InChI=1S/C19H22N2O3.ClH/c1-23-17-6-2-3-7-18(17)24-16-10-8-15(9-11-16)21-19(22)14-5-4-12-20-13-14;/h2-3,6-11,14,20H,4-5,12-13H2,1H3,(H,21,22);1H/t14-;/m1./s1. The predicted octanol–water partition coefficient (Wildman–Crippen LogP) is 3.85. The molecule has 1 heterocycles. The number of carbonyl (C=O) groups is 1. The molecule has 134 valence electrons. The number of rotatable bonds is 5. The van der Waals surface area contributed by atoms with E-state index in [2.05, 4.69) is 10.6 Å². The fourth-order valence-electron chi connectivity index (χ4n) is 2.76. The van der Waals surface area contributed by atoms with Crippen LogP contribution in [0.1, 0.15) is 12.8 Å². The van der Waals surface area contributed by atoms with E-state index in [9.17, 15) is 4.79 Å². The summed E-state index contributed by atoms with van der Waals surface area (Å²) < 4.78 is 11.1. The van der Waals surface area contributed by atoms with Gasteiger partial charge in [-0.1, -0.05) is 12.1 Å². The van der Waals surface area contributed by atoms with Crippen LogP contribution >= 0.6 is 12.4 Å². The van der Waals surface area contributed by atoms with E-state index in [4.69, 9.17) is 9.47 Å². The third kappa shape index (κ3) is 5.11. The molecule has 1 atom stereocenters. The maximum atomic E-state index is 12.2. The van der Waals surface area contributed by atoms with Crippen molar-refractivity contribution in [1.82, 2.24) is 5.32 Å². The summed E-state index contributed by atoms with van der Waals surface area (Å²) in [7, 11) is 1.61. The molecule has 0 spiro atoms. The normalized spacial score (nSPS) is 16.4. The van der Waals surface area contributed by atoms with Crippen LogP contribution in [0.15, 0.2) is 48.5 Å². The van der Waals surface area contributed by atoms with Crippen LogP contribution in [0.4, 0.5) is 5.69 Å². The molecule has 3 rings (SSSR count). The number of amides is 1. The summed E-state index contributed by atoms with van der Waals surface area (Å²) in [5, 5.41) is 6.22. The number of hydrogen-bond acceptors (Lipinski definition) is 4. The minimum Gasteiger partial charge on any atom is -0.493 e. The molecule has 5 nitrogen and oxygen atoms in total. The van der Waals surface area contributed by atoms with Crippen molar-refractivity contribution >= 4 is 24.0 Å². The monoisotopic (exact) mass is 362 g/mol. The Morgan fingerprint density at radius 1 is 1.12 bits per heavy atom. The molecule has 2 N–H and O–H groups in total. The van der Waals surface area contributed by atoms with Crippen LogP contribution in [-0.2, 0) is 4.79 Å². The zero-order chi connectivity index (χ0) is 16.8. The largest absolute Gasteiger partial charge is 0.493 e. The molecule has 0 radical (unpaired) electrons. The van der Waals surface area contributed by atoms with Gasteiger partial charge in [-0.3, -0.25) is 4.79 Å². The zero-order valence-corrected chi connectivity index (χ0v) is 15.0. The summed E-state index contributed by atoms with van der Waals surface area (Å²) in [5.74, 6) is 2.14. The van der Waals surface area contributed by atoms with Crippen molar-refractivity contribution in [3.05, 3.63) is 48.5 Å². The first-order valence-corrected chi connectivity index (χ1v) is 8.19. The molecule has 0 aliphatic carbocycles. The number of ether oxygens (including phenoxy) is 2. The van der Waals surface area contributed by atoms with Gasteiger partial charge in [0.1, 0.15) is 5.75 Å². The number of hydrogen-bond donors (Lipinski definition) is 2. The average Bonchev–Trinajstić information content (AvgIpc) is 2.64. The zero-order valence-electron chi connectivity index (χ0n) is 14.2. The molecule has 0 unspecified atom stereocenters. The summed E-state index contributed by atoms with van der Waals surface area (Å²) in [6.45, 7) is 1.75. The molecule has 1 amide bonds. The highest BCUT2D eigenvalue weighted by atomic mass is 35.5. The first-order valence-electron chi connectivity index (χ1n) is 8.19. The van der Waals surface area contributed by atoms with Crippen molar-refractivity contribution in [3.8, 4) is 17.2 Å². The molecule has 6 heteroatoms. The number of methoxy groups -OCH3 is 1. The number of halogens is 1. The van der Waals surface area contributed by atoms with Gasteiger partial charge in [0.25, 0.3) is 0 Å². The van der Waals surface area contributed by atoms with E-state index >= 15 is 0 Å². The van der Waals surface area contributed by atoms with E-state index in [1.165, 1.54) is 0 Å². The molecule has 1 aliphatic heterocycles. The Balaban J connectivity index is 0.00000225. The van der Waals surface area contributed by atoms with Crippen LogP contribution in [0.2, 0.25) is 0 Å². The second-order valence-electron chi connectivity index (χ2n) is 5.81. The van der Waals surface area contributed by atoms with Crippen LogP contribution in [0.3, 0.4) is 0 Å². The van der Waals surface area contributed by atoms with E-state index in [0.29, 0.717) is 17.2 Å². The van der Waals surface area contributed by atoms with E-state index < -0.39 is 0 Å². The lowest BCUT2D eigenvalue weighted by atomic mass is 9.99. The van der Waals surface area contributed by atoms with Crippen LogP contribution in [0.25, 0.3) is 0 Å². The van der Waals surface area contributed by atoms with Gasteiger partial charge in [0.15, 0.2) is 11.5 Å². The smallest absolute Gasteiger partial charge is 0.228 e. The summed E-state index contributed by atoms with van der Waals surface area (Å²) in [6.07, 6.45) is 1.98. The quantitative estimate of drug-likeness (QED) is 0.848. The number of para-hydroxylation sites is 2. The summed E-state index contributed by atoms with van der Waals surface area (Å²) >= 11 is 0. The van der Waals surface area contributed by atoms with Crippen LogP contribution < -0.4 is 20.1 Å². The van der Waals surface area contributed by atoms with Crippen molar-refractivity contribution < 1.29 is 14.3 Å². The van der Waals surface area contributed by atoms with Gasteiger partial charge in [-0.2, -0.15) is 0 Å². The van der Waals surface area contributed by atoms with Gasteiger partial charge < -0.3 is 20.1 Å². The molecule has 1 saturated heterocycles. The predicted molar refractivity (Wildman–Crippen MR) is 101 cm³/mol. The van der Waals surface area contributed by atoms with Gasteiger partial charge in [-0.25, -0.2) is 0 Å². The van der Waals surface area contributed by atoms with Gasteiger partial charge in [0.05, 0.1) is 13.0 Å². The molecule has 25 heavy (non-hydrogen) atoms. The SMILES string of the molecule is COc1ccccc1Oc1ccc(NC(=O)[C@@H]2CCCNC2)cc1.Cl.